The van der Waals surface area contributed by atoms with Crippen molar-refractivity contribution in [3.63, 3.8) is 0 Å². The predicted molar refractivity (Wildman–Crippen MR) is 69.1 cm³/mol. The van der Waals surface area contributed by atoms with Gasteiger partial charge in [-0.05, 0) is 18.9 Å². The Hall–Kier alpha value is -2.35. The van der Waals surface area contributed by atoms with E-state index in [0.717, 1.165) is 5.56 Å². The van der Waals surface area contributed by atoms with Gasteiger partial charge >= 0.3 is 5.97 Å². The molecule has 0 saturated carbocycles. The molecule has 1 aromatic carbocycles. The number of rotatable bonds is 6. The molecule has 0 aliphatic carbocycles. The van der Waals surface area contributed by atoms with Gasteiger partial charge in [0.1, 0.15) is 6.04 Å². The minimum atomic E-state index is -1.12. The molecule has 1 aromatic rings. The summed E-state index contributed by atoms with van der Waals surface area (Å²) in [7, 11) is 0. The van der Waals surface area contributed by atoms with E-state index in [1.165, 1.54) is 0 Å². The first kappa shape index (κ1) is 14.7. The molecule has 0 aliphatic rings. The molecular weight excluding hydrogens is 244 g/mol. The van der Waals surface area contributed by atoms with Crippen molar-refractivity contribution in [3.8, 4) is 6.07 Å². The van der Waals surface area contributed by atoms with Crippen LogP contribution in [0.3, 0.4) is 0 Å². The van der Waals surface area contributed by atoms with Crippen molar-refractivity contribution in [2.75, 3.05) is 0 Å². The van der Waals surface area contributed by atoms with E-state index in [4.69, 9.17) is 10.4 Å². The number of carboxylic acids is 1. The van der Waals surface area contributed by atoms with Gasteiger partial charge in [-0.3, -0.25) is 4.79 Å². The number of carboxylic acid groups (broad SMARTS) is 1. The maximum Gasteiger partial charge on any atom is 0.326 e. The Bertz CT molecular complexity index is 479. The summed E-state index contributed by atoms with van der Waals surface area (Å²) in [6.45, 7) is 1.62. The standard InChI is InChI=1S/C14H16N2O3/c1-10(9-15)7-12(14(18)19)16-13(17)8-11-5-3-2-4-6-11/h2-6,10,12H,7-8H2,1H3,(H,16,17)(H,18,19)/t10-,12+/m1/s1. The van der Waals surface area contributed by atoms with Crippen molar-refractivity contribution in [1.29, 1.82) is 5.26 Å². The van der Waals surface area contributed by atoms with Crippen LogP contribution in [0.1, 0.15) is 18.9 Å². The highest BCUT2D eigenvalue weighted by molar-refractivity contribution is 5.84. The Labute approximate surface area is 111 Å². The zero-order valence-corrected chi connectivity index (χ0v) is 10.7. The summed E-state index contributed by atoms with van der Waals surface area (Å²) in [5, 5.41) is 20.1. The largest absolute Gasteiger partial charge is 0.480 e. The van der Waals surface area contributed by atoms with Gasteiger partial charge in [0.25, 0.3) is 0 Å². The van der Waals surface area contributed by atoms with Gasteiger partial charge in [0, 0.05) is 5.92 Å². The number of nitrogens with zero attached hydrogens (tertiary/aromatic N) is 1. The first-order chi connectivity index (χ1) is 9.02. The summed E-state index contributed by atoms with van der Waals surface area (Å²) in [5.74, 6) is -1.90. The molecule has 0 unspecified atom stereocenters. The molecule has 0 bridgehead atoms. The summed E-state index contributed by atoms with van der Waals surface area (Å²) in [6.07, 6.45) is 0.234. The number of hydrogen-bond donors (Lipinski definition) is 2. The summed E-state index contributed by atoms with van der Waals surface area (Å²) in [6, 6.07) is 10.0. The van der Waals surface area contributed by atoms with Crippen molar-refractivity contribution in [2.24, 2.45) is 5.92 Å². The highest BCUT2D eigenvalue weighted by Crippen LogP contribution is 2.06. The summed E-state index contributed by atoms with van der Waals surface area (Å²) in [5.41, 5.74) is 0.817. The van der Waals surface area contributed by atoms with Gasteiger partial charge in [-0.15, -0.1) is 0 Å². The maximum atomic E-state index is 11.7. The molecule has 5 heteroatoms. The molecule has 0 radical (unpaired) electrons. The first-order valence-electron chi connectivity index (χ1n) is 5.98. The molecular formula is C14H16N2O3. The highest BCUT2D eigenvalue weighted by Gasteiger charge is 2.22. The zero-order chi connectivity index (χ0) is 14.3. The molecule has 0 spiro atoms. The molecule has 0 fully saturated rings. The Morgan fingerprint density at radius 2 is 2.00 bits per heavy atom. The van der Waals surface area contributed by atoms with Gasteiger partial charge in [-0.2, -0.15) is 5.26 Å². The number of nitriles is 1. The van der Waals surface area contributed by atoms with Crippen molar-refractivity contribution in [1.82, 2.24) is 5.32 Å². The maximum absolute atomic E-state index is 11.7. The molecule has 0 aromatic heterocycles. The van der Waals surface area contributed by atoms with E-state index >= 15 is 0 Å². The zero-order valence-electron chi connectivity index (χ0n) is 10.7. The Balaban J connectivity index is 2.57. The third-order valence-electron chi connectivity index (χ3n) is 2.65. The number of hydrogen-bond acceptors (Lipinski definition) is 3. The van der Waals surface area contributed by atoms with E-state index in [1.54, 1.807) is 19.1 Å². The van der Waals surface area contributed by atoms with Crippen molar-refractivity contribution >= 4 is 11.9 Å². The third kappa shape index (κ3) is 5.21. The molecule has 1 amide bonds. The topological polar surface area (TPSA) is 90.2 Å². The molecule has 2 N–H and O–H groups in total. The SMILES string of the molecule is C[C@@H](C#N)C[C@H](NC(=O)Cc1ccccc1)C(=O)O. The van der Waals surface area contributed by atoms with E-state index in [-0.39, 0.29) is 18.7 Å². The number of carbonyl (C=O) groups excluding carboxylic acids is 1. The van der Waals surface area contributed by atoms with E-state index in [0.29, 0.717) is 0 Å². The van der Waals surface area contributed by atoms with Crippen LogP contribution in [-0.2, 0) is 16.0 Å². The number of nitrogens with one attached hydrogen (secondary N) is 1. The van der Waals surface area contributed by atoms with Crippen molar-refractivity contribution in [2.45, 2.75) is 25.8 Å². The Morgan fingerprint density at radius 1 is 1.37 bits per heavy atom. The average Bonchev–Trinajstić information content (AvgIpc) is 2.38. The summed E-state index contributed by atoms with van der Waals surface area (Å²) in [4.78, 5) is 22.8. The highest BCUT2D eigenvalue weighted by atomic mass is 16.4. The molecule has 19 heavy (non-hydrogen) atoms. The van der Waals surface area contributed by atoms with E-state index in [1.807, 2.05) is 24.3 Å². The van der Waals surface area contributed by atoms with Gasteiger partial charge < -0.3 is 10.4 Å². The molecule has 100 valence electrons. The van der Waals surface area contributed by atoms with Crippen LogP contribution in [0.15, 0.2) is 30.3 Å². The Morgan fingerprint density at radius 3 is 2.53 bits per heavy atom. The smallest absolute Gasteiger partial charge is 0.326 e. The third-order valence-corrected chi connectivity index (χ3v) is 2.65. The number of carbonyl (C=O) groups is 2. The van der Waals surface area contributed by atoms with Crippen LogP contribution in [-0.4, -0.2) is 23.0 Å². The van der Waals surface area contributed by atoms with Crippen LogP contribution in [0.25, 0.3) is 0 Å². The second-order valence-electron chi connectivity index (χ2n) is 4.39. The van der Waals surface area contributed by atoms with Gasteiger partial charge in [0.05, 0.1) is 12.5 Å². The molecule has 0 aliphatic heterocycles. The van der Waals surface area contributed by atoms with Crippen LogP contribution >= 0.6 is 0 Å². The number of aliphatic carboxylic acids is 1. The lowest BCUT2D eigenvalue weighted by molar-refractivity contribution is -0.142. The van der Waals surface area contributed by atoms with Gasteiger partial charge in [0.2, 0.25) is 5.91 Å². The summed E-state index contributed by atoms with van der Waals surface area (Å²) >= 11 is 0. The van der Waals surface area contributed by atoms with E-state index < -0.39 is 17.9 Å². The average molecular weight is 260 g/mol. The minimum absolute atomic E-state index is 0.104. The minimum Gasteiger partial charge on any atom is -0.480 e. The normalized spacial score (nSPS) is 13.1. The number of benzene rings is 1. The van der Waals surface area contributed by atoms with Crippen LogP contribution in [0, 0.1) is 17.2 Å². The second kappa shape index (κ2) is 7.17. The van der Waals surface area contributed by atoms with Gasteiger partial charge in [-0.1, -0.05) is 30.3 Å². The number of amides is 1. The lowest BCUT2D eigenvalue weighted by atomic mass is 10.0. The van der Waals surface area contributed by atoms with Crippen molar-refractivity contribution < 1.29 is 14.7 Å². The van der Waals surface area contributed by atoms with Gasteiger partial charge in [0.15, 0.2) is 0 Å². The fourth-order valence-electron chi connectivity index (χ4n) is 1.65. The van der Waals surface area contributed by atoms with Crippen LogP contribution in [0.2, 0.25) is 0 Å². The van der Waals surface area contributed by atoms with Gasteiger partial charge in [-0.25, -0.2) is 4.79 Å². The fraction of sp³-hybridized carbons (Fsp3) is 0.357. The molecule has 0 heterocycles. The van der Waals surface area contributed by atoms with Crippen LogP contribution in [0.5, 0.6) is 0 Å². The first-order valence-corrected chi connectivity index (χ1v) is 5.98. The monoisotopic (exact) mass is 260 g/mol. The molecule has 2 atom stereocenters. The van der Waals surface area contributed by atoms with E-state index in [9.17, 15) is 9.59 Å². The fourth-order valence-corrected chi connectivity index (χ4v) is 1.65. The molecule has 5 nitrogen and oxygen atoms in total. The Kier molecular flexibility index (Phi) is 5.55. The van der Waals surface area contributed by atoms with Crippen LogP contribution in [0.4, 0.5) is 0 Å². The molecule has 1 rings (SSSR count). The molecule has 0 saturated heterocycles. The lowest BCUT2D eigenvalue weighted by Gasteiger charge is -2.15. The van der Waals surface area contributed by atoms with Crippen molar-refractivity contribution in [3.05, 3.63) is 35.9 Å². The van der Waals surface area contributed by atoms with E-state index in [2.05, 4.69) is 5.32 Å². The lowest BCUT2D eigenvalue weighted by Crippen LogP contribution is -2.42. The quantitative estimate of drug-likeness (QED) is 0.807. The summed E-state index contributed by atoms with van der Waals surface area (Å²) < 4.78 is 0. The van der Waals surface area contributed by atoms with Crippen LogP contribution < -0.4 is 5.32 Å². The predicted octanol–water partition coefficient (Wildman–Crippen LogP) is 1.35. The second-order valence-corrected chi connectivity index (χ2v) is 4.39.